The van der Waals surface area contributed by atoms with Crippen molar-refractivity contribution < 1.29 is 14.3 Å². The van der Waals surface area contributed by atoms with Crippen molar-refractivity contribution in [3.05, 3.63) is 60.2 Å². The number of carbonyl (C=O) groups is 1. The van der Waals surface area contributed by atoms with Crippen LogP contribution in [0.15, 0.2) is 54.6 Å². The molecule has 0 spiro atoms. The molecule has 0 aliphatic rings. The zero-order valence-electron chi connectivity index (χ0n) is 12.9. The molecule has 2 aromatic rings. The summed E-state index contributed by atoms with van der Waals surface area (Å²) in [6.07, 6.45) is -0.540. The fraction of sp³-hybridized carbons (Fsp3) is 0.278. The zero-order valence-corrected chi connectivity index (χ0v) is 12.9. The average Bonchev–Trinajstić information content (AvgIpc) is 2.54. The minimum absolute atomic E-state index is 0.156. The minimum atomic E-state index is -0.540. The topological polar surface area (TPSA) is 47.6 Å². The molecule has 4 nitrogen and oxygen atoms in total. The van der Waals surface area contributed by atoms with Crippen molar-refractivity contribution in [3.63, 3.8) is 0 Å². The van der Waals surface area contributed by atoms with Crippen LogP contribution in [0.25, 0.3) is 0 Å². The lowest BCUT2D eigenvalue weighted by atomic mass is 10.2. The van der Waals surface area contributed by atoms with Gasteiger partial charge in [0.2, 0.25) is 0 Å². The van der Waals surface area contributed by atoms with Crippen LogP contribution in [0.5, 0.6) is 11.5 Å². The first-order chi connectivity index (χ1) is 10.6. The van der Waals surface area contributed by atoms with E-state index in [4.69, 9.17) is 9.47 Å². The van der Waals surface area contributed by atoms with Gasteiger partial charge in [-0.25, -0.2) is 0 Å². The number of amides is 1. The van der Waals surface area contributed by atoms with Gasteiger partial charge in [0.25, 0.3) is 5.91 Å². The first-order valence-electron chi connectivity index (χ1n) is 7.34. The molecular formula is C18H21NO3. The van der Waals surface area contributed by atoms with E-state index in [1.54, 1.807) is 6.92 Å². The van der Waals surface area contributed by atoms with Crippen molar-refractivity contribution in [2.75, 3.05) is 13.2 Å². The highest BCUT2D eigenvalue weighted by molar-refractivity contribution is 5.80. The van der Waals surface area contributed by atoms with Gasteiger partial charge in [-0.3, -0.25) is 4.79 Å². The monoisotopic (exact) mass is 299 g/mol. The predicted molar refractivity (Wildman–Crippen MR) is 86.2 cm³/mol. The Morgan fingerprint density at radius 3 is 2.41 bits per heavy atom. The largest absolute Gasteiger partial charge is 0.492 e. The van der Waals surface area contributed by atoms with Gasteiger partial charge < -0.3 is 14.8 Å². The number of ether oxygens (including phenoxy) is 2. The number of hydrogen-bond acceptors (Lipinski definition) is 3. The van der Waals surface area contributed by atoms with E-state index in [1.165, 1.54) is 5.56 Å². The maximum absolute atomic E-state index is 11.9. The van der Waals surface area contributed by atoms with E-state index >= 15 is 0 Å². The van der Waals surface area contributed by atoms with Crippen LogP contribution in [0.1, 0.15) is 12.5 Å². The summed E-state index contributed by atoms with van der Waals surface area (Å²) in [7, 11) is 0. The second kappa shape index (κ2) is 8.08. The van der Waals surface area contributed by atoms with Crippen molar-refractivity contribution in [1.82, 2.24) is 5.32 Å². The summed E-state index contributed by atoms with van der Waals surface area (Å²) in [5.41, 5.74) is 1.19. The normalized spacial score (nSPS) is 11.5. The number of nitrogens with one attached hydrogen (secondary N) is 1. The molecular weight excluding hydrogens is 278 g/mol. The Labute approximate surface area is 131 Å². The van der Waals surface area contributed by atoms with Gasteiger partial charge >= 0.3 is 0 Å². The summed E-state index contributed by atoms with van der Waals surface area (Å²) in [6.45, 7) is 4.61. The quantitative estimate of drug-likeness (QED) is 0.800. The SMILES string of the molecule is Cc1ccc(OCCNC(=O)[C@@H](C)Oc2ccccc2)cc1. The Bertz CT molecular complexity index is 581. The molecule has 1 atom stereocenters. The lowest BCUT2D eigenvalue weighted by Gasteiger charge is -2.14. The second-order valence-electron chi connectivity index (χ2n) is 5.03. The van der Waals surface area contributed by atoms with Crippen molar-refractivity contribution in [2.24, 2.45) is 0 Å². The van der Waals surface area contributed by atoms with E-state index < -0.39 is 6.10 Å². The van der Waals surface area contributed by atoms with Gasteiger partial charge in [0, 0.05) is 0 Å². The van der Waals surface area contributed by atoms with Crippen LogP contribution in [0.2, 0.25) is 0 Å². The van der Waals surface area contributed by atoms with Gasteiger partial charge in [-0.15, -0.1) is 0 Å². The summed E-state index contributed by atoms with van der Waals surface area (Å²) in [5.74, 6) is 1.32. The van der Waals surface area contributed by atoms with E-state index in [9.17, 15) is 4.79 Å². The average molecular weight is 299 g/mol. The number of aryl methyl sites for hydroxylation is 1. The summed E-state index contributed by atoms with van der Waals surface area (Å²) < 4.78 is 11.1. The number of rotatable bonds is 7. The molecule has 0 radical (unpaired) electrons. The first-order valence-corrected chi connectivity index (χ1v) is 7.34. The molecule has 0 saturated heterocycles. The van der Waals surface area contributed by atoms with E-state index in [1.807, 2.05) is 61.5 Å². The van der Waals surface area contributed by atoms with Crippen molar-refractivity contribution in [3.8, 4) is 11.5 Å². The van der Waals surface area contributed by atoms with Crippen molar-refractivity contribution >= 4 is 5.91 Å². The molecule has 22 heavy (non-hydrogen) atoms. The second-order valence-corrected chi connectivity index (χ2v) is 5.03. The molecule has 1 amide bonds. The summed E-state index contributed by atoms with van der Waals surface area (Å²) in [4.78, 5) is 11.9. The molecule has 2 aromatic carbocycles. The van der Waals surface area contributed by atoms with Gasteiger partial charge in [0.05, 0.1) is 6.54 Å². The van der Waals surface area contributed by atoms with E-state index in [0.717, 1.165) is 5.75 Å². The molecule has 0 aromatic heterocycles. The van der Waals surface area contributed by atoms with E-state index in [-0.39, 0.29) is 5.91 Å². The summed E-state index contributed by atoms with van der Waals surface area (Å²) in [5, 5.41) is 2.80. The maximum Gasteiger partial charge on any atom is 0.260 e. The van der Waals surface area contributed by atoms with Crippen molar-refractivity contribution in [2.45, 2.75) is 20.0 Å². The van der Waals surface area contributed by atoms with Gasteiger partial charge in [-0.1, -0.05) is 35.9 Å². The van der Waals surface area contributed by atoms with Crippen LogP contribution in [0, 0.1) is 6.92 Å². The Morgan fingerprint density at radius 1 is 1.05 bits per heavy atom. The predicted octanol–water partition coefficient (Wildman–Crippen LogP) is 2.96. The molecule has 1 N–H and O–H groups in total. The highest BCUT2D eigenvalue weighted by Crippen LogP contribution is 2.11. The lowest BCUT2D eigenvalue weighted by Crippen LogP contribution is -2.38. The molecule has 0 heterocycles. The zero-order chi connectivity index (χ0) is 15.8. The number of hydrogen-bond donors (Lipinski definition) is 1. The number of para-hydroxylation sites is 1. The van der Waals surface area contributed by atoms with Crippen LogP contribution in [-0.2, 0) is 4.79 Å². The third kappa shape index (κ3) is 5.13. The molecule has 0 aliphatic heterocycles. The fourth-order valence-corrected chi connectivity index (χ4v) is 1.88. The van der Waals surface area contributed by atoms with Crippen LogP contribution in [-0.4, -0.2) is 25.2 Å². The van der Waals surface area contributed by atoms with Gasteiger partial charge in [0.1, 0.15) is 18.1 Å². The summed E-state index contributed by atoms with van der Waals surface area (Å²) in [6, 6.07) is 17.1. The molecule has 0 unspecified atom stereocenters. The Kier molecular flexibility index (Phi) is 5.83. The molecule has 0 fully saturated rings. The highest BCUT2D eigenvalue weighted by atomic mass is 16.5. The van der Waals surface area contributed by atoms with E-state index in [2.05, 4.69) is 5.32 Å². The molecule has 116 valence electrons. The van der Waals surface area contributed by atoms with Gasteiger partial charge in [-0.2, -0.15) is 0 Å². The third-order valence-electron chi connectivity index (χ3n) is 3.12. The van der Waals surface area contributed by atoms with Gasteiger partial charge in [0.15, 0.2) is 6.10 Å². The maximum atomic E-state index is 11.9. The first kappa shape index (κ1) is 15.9. The Balaban J connectivity index is 1.67. The van der Waals surface area contributed by atoms with Crippen LogP contribution >= 0.6 is 0 Å². The molecule has 0 saturated carbocycles. The molecule has 2 rings (SSSR count). The number of benzene rings is 2. The standard InChI is InChI=1S/C18H21NO3/c1-14-8-10-16(11-9-14)21-13-12-19-18(20)15(2)22-17-6-4-3-5-7-17/h3-11,15H,12-13H2,1-2H3,(H,19,20)/t15-/m1/s1. The van der Waals surface area contributed by atoms with Crippen molar-refractivity contribution in [1.29, 1.82) is 0 Å². The minimum Gasteiger partial charge on any atom is -0.492 e. The molecule has 0 bridgehead atoms. The third-order valence-corrected chi connectivity index (χ3v) is 3.12. The number of carbonyl (C=O) groups excluding carboxylic acids is 1. The molecule has 0 aliphatic carbocycles. The lowest BCUT2D eigenvalue weighted by molar-refractivity contribution is -0.127. The Morgan fingerprint density at radius 2 is 1.73 bits per heavy atom. The molecule has 4 heteroatoms. The van der Waals surface area contributed by atoms with E-state index in [0.29, 0.717) is 18.9 Å². The van der Waals surface area contributed by atoms with Crippen LogP contribution in [0.3, 0.4) is 0 Å². The fourth-order valence-electron chi connectivity index (χ4n) is 1.88. The summed E-state index contributed by atoms with van der Waals surface area (Å²) >= 11 is 0. The van der Waals surface area contributed by atoms with Gasteiger partial charge in [-0.05, 0) is 38.1 Å². The van der Waals surface area contributed by atoms with Crippen LogP contribution in [0.4, 0.5) is 0 Å². The smallest absolute Gasteiger partial charge is 0.260 e. The van der Waals surface area contributed by atoms with Crippen LogP contribution < -0.4 is 14.8 Å². The Hall–Kier alpha value is -2.49. The highest BCUT2D eigenvalue weighted by Gasteiger charge is 2.13.